The first-order valence-corrected chi connectivity index (χ1v) is 11.0. The zero-order valence-electron chi connectivity index (χ0n) is 17.6. The van der Waals surface area contributed by atoms with Crippen LogP contribution in [0.1, 0.15) is 36.9 Å². The highest BCUT2D eigenvalue weighted by Gasteiger charge is 2.46. The van der Waals surface area contributed by atoms with E-state index in [2.05, 4.69) is 4.98 Å². The molecule has 4 rings (SSSR count). The molecule has 1 aliphatic rings. The Kier molecular flexibility index (Phi) is 6.17. The fraction of sp³-hybridized carbons (Fsp3) is 0.250. The first kappa shape index (κ1) is 22.2. The van der Waals surface area contributed by atoms with E-state index in [0.29, 0.717) is 6.54 Å². The number of methoxy groups -OCH3 is 1. The molecule has 1 saturated heterocycles. The van der Waals surface area contributed by atoms with Crippen LogP contribution in [0.3, 0.4) is 0 Å². The zero-order valence-corrected chi connectivity index (χ0v) is 19.1. The SMILES string of the molecule is CCCCN1C(=O)C(=O)/C(=C(/O)c2cc(Cl)cc(Cl)c2OC)C1c1c[nH]c2ccccc12. The number of carbonyl (C=O) groups is 2. The standard InChI is InChI=1S/C24H22Cl2N2O4/c1-3-4-9-28-20(16-12-27-18-8-6-5-7-14(16)18)19(22(30)24(28)31)21(29)15-10-13(25)11-17(26)23(15)32-2/h5-8,10-12,20,27,29H,3-4,9H2,1-2H3/b21-19+. The Morgan fingerprint density at radius 3 is 2.69 bits per heavy atom. The largest absolute Gasteiger partial charge is 0.507 e. The lowest BCUT2D eigenvalue weighted by molar-refractivity contribution is -0.139. The summed E-state index contributed by atoms with van der Waals surface area (Å²) < 4.78 is 5.36. The van der Waals surface area contributed by atoms with Crippen LogP contribution in [0.2, 0.25) is 10.0 Å². The number of nitrogens with zero attached hydrogens (tertiary/aromatic N) is 1. The number of aliphatic hydroxyl groups excluding tert-OH is 1. The van der Waals surface area contributed by atoms with E-state index in [1.807, 2.05) is 31.2 Å². The minimum atomic E-state index is -0.764. The van der Waals surface area contributed by atoms with Gasteiger partial charge in [-0.1, -0.05) is 54.7 Å². The molecule has 2 heterocycles. The second kappa shape index (κ2) is 8.88. The van der Waals surface area contributed by atoms with E-state index in [1.54, 1.807) is 6.20 Å². The molecule has 0 radical (unpaired) electrons. The van der Waals surface area contributed by atoms with Crippen LogP contribution in [-0.4, -0.2) is 40.3 Å². The number of ketones is 1. The number of nitrogens with one attached hydrogen (secondary N) is 1. The van der Waals surface area contributed by atoms with Crippen LogP contribution < -0.4 is 4.74 Å². The van der Waals surface area contributed by atoms with E-state index in [0.717, 1.165) is 29.3 Å². The minimum absolute atomic E-state index is 0.0208. The van der Waals surface area contributed by atoms with Gasteiger partial charge in [0.25, 0.3) is 11.7 Å². The smallest absolute Gasteiger partial charge is 0.295 e. The molecule has 1 fully saturated rings. The number of aliphatic hydroxyl groups is 1. The lowest BCUT2D eigenvalue weighted by Gasteiger charge is -2.25. The van der Waals surface area contributed by atoms with Crippen molar-refractivity contribution < 1.29 is 19.4 Å². The van der Waals surface area contributed by atoms with Gasteiger partial charge in [0.1, 0.15) is 11.5 Å². The van der Waals surface area contributed by atoms with Crippen LogP contribution in [0.25, 0.3) is 16.7 Å². The Bertz CT molecular complexity index is 1250. The Balaban J connectivity index is 1.98. The molecule has 1 amide bonds. The summed E-state index contributed by atoms with van der Waals surface area (Å²) in [5.74, 6) is -1.61. The molecule has 1 atom stereocenters. The van der Waals surface area contributed by atoms with Crippen molar-refractivity contribution in [2.75, 3.05) is 13.7 Å². The number of ether oxygens (including phenoxy) is 1. The Morgan fingerprint density at radius 2 is 1.97 bits per heavy atom. The molecule has 1 aliphatic heterocycles. The first-order valence-electron chi connectivity index (χ1n) is 10.3. The van der Waals surface area contributed by atoms with Crippen LogP contribution in [0.4, 0.5) is 0 Å². The molecule has 0 spiro atoms. The molecule has 166 valence electrons. The van der Waals surface area contributed by atoms with E-state index in [9.17, 15) is 14.7 Å². The maximum Gasteiger partial charge on any atom is 0.295 e. The second-order valence-corrected chi connectivity index (χ2v) is 8.45. The second-order valence-electron chi connectivity index (χ2n) is 7.60. The van der Waals surface area contributed by atoms with Crippen molar-refractivity contribution in [2.24, 2.45) is 0 Å². The van der Waals surface area contributed by atoms with Gasteiger partial charge in [-0.3, -0.25) is 9.59 Å². The number of H-pyrrole nitrogens is 1. The highest BCUT2D eigenvalue weighted by atomic mass is 35.5. The Morgan fingerprint density at radius 1 is 1.22 bits per heavy atom. The molecule has 32 heavy (non-hydrogen) atoms. The van der Waals surface area contributed by atoms with E-state index in [-0.39, 0.29) is 32.7 Å². The number of aromatic nitrogens is 1. The molecule has 3 aromatic rings. The van der Waals surface area contributed by atoms with Gasteiger partial charge >= 0.3 is 0 Å². The molecule has 0 bridgehead atoms. The third-order valence-electron chi connectivity index (χ3n) is 5.68. The fourth-order valence-corrected chi connectivity index (χ4v) is 4.74. The summed E-state index contributed by atoms with van der Waals surface area (Å²) in [6.07, 6.45) is 3.34. The number of aromatic amines is 1. The van der Waals surface area contributed by atoms with E-state index < -0.39 is 17.7 Å². The van der Waals surface area contributed by atoms with Crippen LogP contribution in [0.5, 0.6) is 5.75 Å². The average Bonchev–Trinajstić information content (AvgIpc) is 3.30. The molecular weight excluding hydrogens is 451 g/mol. The molecule has 1 aromatic heterocycles. The number of unbranched alkanes of at least 4 members (excludes halogenated alkanes) is 1. The van der Waals surface area contributed by atoms with E-state index in [1.165, 1.54) is 24.1 Å². The molecule has 0 aliphatic carbocycles. The monoisotopic (exact) mass is 472 g/mol. The molecule has 6 nitrogen and oxygen atoms in total. The molecule has 2 N–H and O–H groups in total. The summed E-state index contributed by atoms with van der Waals surface area (Å²) >= 11 is 12.4. The molecule has 8 heteroatoms. The van der Waals surface area contributed by atoms with Gasteiger partial charge in [0.05, 0.1) is 29.3 Å². The van der Waals surface area contributed by atoms with Gasteiger partial charge < -0.3 is 19.7 Å². The van der Waals surface area contributed by atoms with Crippen molar-refractivity contribution >= 4 is 51.6 Å². The van der Waals surface area contributed by atoms with Crippen molar-refractivity contribution in [3.05, 3.63) is 69.3 Å². The zero-order chi connectivity index (χ0) is 23.0. The van der Waals surface area contributed by atoms with Gasteiger partial charge in [-0.05, 0) is 24.6 Å². The van der Waals surface area contributed by atoms with Crippen molar-refractivity contribution in [3.63, 3.8) is 0 Å². The van der Waals surface area contributed by atoms with Gasteiger partial charge in [-0.25, -0.2) is 0 Å². The van der Waals surface area contributed by atoms with Crippen LogP contribution in [-0.2, 0) is 9.59 Å². The summed E-state index contributed by atoms with van der Waals surface area (Å²) in [6, 6.07) is 9.80. The van der Waals surface area contributed by atoms with Crippen molar-refractivity contribution in [1.82, 2.24) is 9.88 Å². The lowest BCUT2D eigenvalue weighted by Crippen LogP contribution is -2.30. The highest BCUT2D eigenvalue weighted by Crippen LogP contribution is 2.44. The normalized spacial score (nSPS) is 18.0. The summed E-state index contributed by atoms with van der Waals surface area (Å²) in [5.41, 5.74) is 1.73. The van der Waals surface area contributed by atoms with Crippen molar-refractivity contribution in [3.8, 4) is 5.75 Å². The van der Waals surface area contributed by atoms with Gasteiger partial charge in [-0.2, -0.15) is 0 Å². The van der Waals surface area contributed by atoms with Crippen LogP contribution in [0.15, 0.2) is 48.2 Å². The highest BCUT2D eigenvalue weighted by molar-refractivity contribution is 6.47. The molecule has 2 aromatic carbocycles. The van der Waals surface area contributed by atoms with Gasteiger partial charge in [0.2, 0.25) is 0 Å². The van der Waals surface area contributed by atoms with Gasteiger partial charge in [0.15, 0.2) is 0 Å². The quantitative estimate of drug-likeness (QED) is 0.273. The van der Waals surface area contributed by atoms with Crippen molar-refractivity contribution in [2.45, 2.75) is 25.8 Å². The number of likely N-dealkylation sites (tertiary alicyclic amines) is 1. The number of para-hydroxylation sites is 1. The average molecular weight is 473 g/mol. The van der Waals surface area contributed by atoms with Gasteiger partial charge in [-0.15, -0.1) is 0 Å². The number of carbonyl (C=O) groups excluding carboxylic acids is 2. The lowest BCUT2D eigenvalue weighted by atomic mass is 9.94. The number of hydrogen-bond acceptors (Lipinski definition) is 4. The van der Waals surface area contributed by atoms with Crippen molar-refractivity contribution in [1.29, 1.82) is 0 Å². The Labute approximate surface area is 195 Å². The number of fused-ring (bicyclic) bond motifs is 1. The number of hydrogen-bond donors (Lipinski definition) is 2. The number of halogens is 2. The van der Waals surface area contributed by atoms with Crippen LogP contribution in [0, 0.1) is 0 Å². The molecular formula is C24H22Cl2N2O4. The number of rotatable bonds is 6. The third-order valence-corrected chi connectivity index (χ3v) is 6.17. The summed E-state index contributed by atoms with van der Waals surface area (Å²) in [4.78, 5) is 30.9. The molecule has 0 saturated carbocycles. The minimum Gasteiger partial charge on any atom is -0.507 e. The third kappa shape index (κ3) is 3.63. The number of amides is 1. The number of Topliss-reactive ketones (excluding diaryl/α,β-unsaturated/α-hetero) is 1. The maximum absolute atomic E-state index is 13.2. The fourth-order valence-electron chi connectivity index (χ4n) is 4.17. The molecule has 1 unspecified atom stereocenters. The topological polar surface area (TPSA) is 82.6 Å². The summed E-state index contributed by atoms with van der Waals surface area (Å²) in [7, 11) is 1.41. The number of benzene rings is 2. The predicted octanol–water partition coefficient (Wildman–Crippen LogP) is 5.71. The Hall–Kier alpha value is -2.96. The summed E-state index contributed by atoms with van der Waals surface area (Å²) in [5, 5.41) is 12.6. The predicted molar refractivity (Wildman–Crippen MR) is 125 cm³/mol. The maximum atomic E-state index is 13.2. The van der Waals surface area contributed by atoms with Gasteiger partial charge in [0, 0.05) is 34.2 Å². The van der Waals surface area contributed by atoms with Crippen LogP contribution >= 0.6 is 23.2 Å². The summed E-state index contributed by atoms with van der Waals surface area (Å²) in [6.45, 7) is 2.39. The first-order chi connectivity index (χ1) is 15.4. The van der Waals surface area contributed by atoms with E-state index >= 15 is 0 Å². The van der Waals surface area contributed by atoms with E-state index in [4.69, 9.17) is 27.9 Å².